The molecule has 0 spiro atoms. The molecular weight excluding hydrogens is 450 g/mol. The SMILES string of the molecule is COc1cc2c(cc1-c1c(C)noc1C)ncc1nc(N3CCCCC3)n([C@@H](C)c3ccccc3)c12. The number of aromatic nitrogens is 4. The van der Waals surface area contributed by atoms with Gasteiger partial charge in [-0.3, -0.25) is 4.98 Å². The number of pyridine rings is 1. The van der Waals surface area contributed by atoms with Gasteiger partial charge in [0.15, 0.2) is 0 Å². The van der Waals surface area contributed by atoms with Crippen molar-refractivity contribution in [1.82, 2.24) is 19.7 Å². The third-order valence-corrected chi connectivity index (χ3v) is 7.43. The van der Waals surface area contributed by atoms with Crippen LogP contribution in [0.5, 0.6) is 5.75 Å². The highest BCUT2D eigenvalue weighted by atomic mass is 16.5. The van der Waals surface area contributed by atoms with Crippen molar-refractivity contribution in [2.75, 3.05) is 25.1 Å². The molecule has 0 saturated carbocycles. The third kappa shape index (κ3) is 3.61. The Hall–Kier alpha value is -3.87. The largest absolute Gasteiger partial charge is 0.496 e. The lowest BCUT2D eigenvalue weighted by Crippen LogP contribution is -2.32. The molecule has 1 fully saturated rings. The maximum Gasteiger partial charge on any atom is 0.207 e. The first-order chi connectivity index (χ1) is 17.6. The molecule has 0 amide bonds. The summed E-state index contributed by atoms with van der Waals surface area (Å²) in [5.41, 5.74) is 6.85. The summed E-state index contributed by atoms with van der Waals surface area (Å²) in [5.74, 6) is 2.55. The van der Waals surface area contributed by atoms with E-state index in [0.717, 1.165) is 69.3 Å². The van der Waals surface area contributed by atoms with E-state index in [4.69, 9.17) is 19.2 Å². The van der Waals surface area contributed by atoms with Gasteiger partial charge in [0, 0.05) is 24.0 Å². The number of hydrogen-bond donors (Lipinski definition) is 0. The molecule has 0 unspecified atom stereocenters. The van der Waals surface area contributed by atoms with Crippen molar-refractivity contribution in [1.29, 1.82) is 0 Å². The van der Waals surface area contributed by atoms with Crippen LogP contribution in [-0.2, 0) is 0 Å². The maximum atomic E-state index is 5.91. The van der Waals surface area contributed by atoms with E-state index in [2.05, 4.69) is 64.0 Å². The summed E-state index contributed by atoms with van der Waals surface area (Å²) in [5, 5.41) is 5.18. The summed E-state index contributed by atoms with van der Waals surface area (Å²) < 4.78 is 13.8. The van der Waals surface area contributed by atoms with Gasteiger partial charge in [-0.05, 0) is 57.7 Å². The molecule has 1 aliphatic rings. The summed E-state index contributed by atoms with van der Waals surface area (Å²) in [6, 6.07) is 14.9. The van der Waals surface area contributed by atoms with Crippen molar-refractivity contribution in [3.63, 3.8) is 0 Å². The molecule has 184 valence electrons. The molecule has 1 saturated heterocycles. The van der Waals surface area contributed by atoms with Gasteiger partial charge in [0.1, 0.15) is 17.0 Å². The minimum absolute atomic E-state index is 0.104. The molecule has 36 heavy (non-hydrogen) atoms. The number of imidazole rings is 1. The fourth-order valence-electron chi connectivity index (χ4n) is 5.59. The molecule has 4 heterocycles. The molecule has 1 atom stereocenters. The van der Waals surface area contributed by atoms with Crippen LogP contribution in [0, 0.1) is 13.8 Å². The van der Waals surface area contributed by atoms with Gasteiger partial charge in [-0.15, -0.1) is 0 Å². The van der Waals surface area contributed by atoms with E-state index in [1.165, 1.54) is 24.8 Å². The average molecular weight is 482 g/mol. The molecule has 7 heteroatoms. The monoisotopic (exact) mass is 481 g/mol. The van der Waals surface area contributed by atoms with Crippen molar-refractivity contribution in [3.8, 4) is 16.9 Å². The lowest BCUT2D eigenvalue weighted by molar-refractivity contribution is 0.393. The fraction of sp³-hybridized carbons (Fsp3) is 0.345. The maximum absolute atomic E-state index is 5.91. The molecule has 5 aromatic rings. The highest BCUT2D eigenvalue weighted by Crippen LogP contribution is 2.41. The Morgan fingerprint density at radius 1 is 1.00 bits per heavy atom. The molecule has 3 aromatic heterocycles. The van der Waals surface area contributed by atoms with Gasteiger partial charge in [0.05, 0.1) is 41.6 Å². The minimum Gasteiger partial charge on any atom is -0.496 e. The number of nitrogens with zero attached hydrogens (tertiary/aromatic N) is 5. The number of anilines is 1. The summed E-state index contributed by atoms with van der Waals surface area (Å²) in [6.45, 7) is 8.18. The smallest absolute Gasteiger partial charge is 0.207 e. The van der Waals surface area contributed by atoms with E-state index < -0.39 is 0 Å². The Bertz CT molecular complexity index is 1530. The van der Waals surface area contributed by atoms with Crippen molar-refractivity contribution >= 4 is 27.9 Å². The number of benzene rings is 2. The zero-order valence-corrected chi connectivity index (χ0v) is 21.3. The molecule has 0 bridgehead atoms. The fourth-order valence-corrected chi connectivity index (χ4v) is 5.59. The Morgan fingerprint density at radius 2 is 1.78 bits per heavy atom. The number of hydrogen-bond acceptors (Lipinski definition) is 6. The predicted octanol–water partition coefficient (Wildman–Crippen LogP) is 6.46. The molecule has 1 aliphatic heterocycles. The van der Waals surface area contributed by atoms with Crippen LogP contribution < -0.4 is 9.64 Å². The molecule has 2 aromatic carbocycles. The molecule has 7 nitrogen and oxygen atoms in total. The van der Waals surface area contributed by atoms with E-state index in [0.29, 0.717) is 0 Å². The summed E-state index contributed by atoms with van der Waals surface area (Å²) in [7, 11) is 1.71. The van der Waals surface area contributed by atoms with Gasteiger partial charge < -0.3 is 18.7 Å². The number of aryl methyl sites for hydroxylation is 2. The van der Waals surface area contributed by atoms with Crippen molar-refractivity contribution in [2.45, 2.75) is 46.1 Å². The highest BCUT2D eigenvalue weighted by Gasteiger charge is 2.26. The second kappa shape index (κ2) is 8.97. The lowest BCUT2D eigenvalue weighted by Gasteiger charge is -2.30. The first-order valence-electron chi connectivity index (χ1n) is 12.7. The van der Waals surface area contributed by atoms with Crippen LogP contribution in [0.25, 0.3) is 33.1 Å². The van der Waals surface area contributed by atoms with E-state index in [1.54, 1.807) is 7.11 Å². The van der Waals surface area contributed by atoms with Crippen LogP contribution in [-0.4, -0.2) is 39.9 Å². The van der Waals surface area contributed by atoms with Gasteiger partial charge >= 0.3 is 0 Å². The molecule has 0 aliphatic carbocycles. The van der Waals surface area contributed by atoms with E-state index in [1.807, 2.05) is 20.0 Å². The predicted molar refractivity (Wildman–Crippen MR) is 143 cm³/mol. The van der Waals surface area contributed by atoms with E-state index in [-0.39, 0.29) is 6.04 Å². The molecule has 6 rings (SSSR count). The molecule has 0 radical (unpaired) electrons. The van der Waals surface area contributed by atoms with Gasteiger partial charge in [0.2, 0.25) is 5.95 Å². The van der Waals surface area contributed by atoms with Crippen LogP contribution in [0.2, 0.25) is 0 Å². The Balaban J connectivity index is 1.64. The number of fused-ring (bicyclic) bond motifs is 3. The van der Waals surface area contributed by atoms with Gasteiger partial charge in [-0.2, -0.15) is 0 Å². The van der Waals surface area contributed by atoms with Crippen LogP contribution in [0.1, 0.15) is 49.2 Å². The third-order valence-electron chi connectivity index (χ3n) is 7.43. The van der Waals surface area contributed by atoms with Crippen molar-refractivity contribution < 1.29 is 9.26 Å². The first kappa shape index (κ1) is 22.6. The summed E-state index contributed by atoms with van der Waals surface area (Å²) in [4.78, 5) is 12.4. The normalized spacial score (nSPS) is 15.1. The highest BCUT2D eigenvalue weighted by molar-refractivity contribution is 6.05. The van der Waals surface area contributed by atoms with E-state index in [9.17, 15) is 0 Å². The van der Waals surface area contributed by atoms with Crippen LogP contribution in [0.15, 0.2) is 53.2 Å². The van der Waals surface area contributed by atoms with Crippen molar-refractivity contribution in [2.24, 2.45) is 0 Å². The van der Waals surface area contributed by atoms with Crippen LogP contribution >= 0.6 is 0 Å². The standard InChI is InChI=1S/C29H31N5O2/c1-18-27(20(3)36-32-18)23-15-24-22(16-26(23)35-4)28-25(17-30-24)31-29(33-13-9-6-10-14-33)34(28)19(2)21-11-7-5-8-12-21/h5,7-8,11-12,15-17,19H,6,9-10,13-14H2,1-4H3/t19-/m0/s1. The first-order valence-corrected chi connectivity index (χ1v) is 12.7. The zero-order valence-electron chi connectivity index (χ0n) is 21.3. The quantitative estimate of drug-likeness (QED) is 0.287. The Labute approximate surface area is 210 Å². The second-order valence-corrected chi connectivity index (χ2v) is 9.68. The van der Waals surface area contributed by atoms with Crippen molar-refractivity contribution in [3.05, 3.63) is 65.7 Å². The second-order valence-electron chi connectivity index (χ2n) is 9.68. The van der Waals surface area contributed by atoms with Crippen LogP contribution in [0.4, 0.5) is 5.95 Å². The summed E-state index contributed by atoms with van der Waals surface area (Å²) in [6.07, 6.45) is 5.56. The molecule has 0 N–H and O–H groups in total. The topological polar surface area (TPSA) is 69.2 Å². The number of rotatable bonds is 5. The van der Waals surface area contributed by atoms with Gasteiger partial charge in [-0.1, -0.05) is 35.5 Å². The number of ether oxygens (including phenoxy) is 1. The zero-order chi connectivity index (χ0) is 24.8. The van der Waals surface area contributed by atoms with Gasteiger partial charge in [0.25, 0.3) is 0 Å². The van der Waals surface area contributed by atoms with Gasteiger partial charge in [-0.25, -0.2) is 4.98 Å². The average Bonchev–Trinajstić information content (AvgIpc) is 3.48. The van der Waals surface area contributed by atoms with E-state index >= 15 is 0 Å². The minimum atomic E-state index is 0.104. The molecular formula is C29H31N5O2. The lowest BCUT2D eigenvalue weighted by atomic mass is 10.00. The number of methoxy groups -OCH3 is 1. The Kier molecular flexibility index (Phi) is 5.63. The summed E-state index contributed by atoms with van der Waals surface area (Å²) >= 11 is 0. The van der Waals surface area contributed by atoms with Crippen LogP contribution in [0.3, 0.4) is 0 Å². The Morgan fingerprint density at radius 3 is 2.47 bits per heavy atom. The number of piperidine rings is 1.